The van der Waals surface area contributed by atoms with Gasteiger partial charge in [0.05, 0.1) is 0 Å². The van der Waals surface area contributed by atoms with E-state index >= 15 is 0 Å². The molecule has 3 aromatic carbocycles. The molecule has 0 heterocycles. The van der Waals surface area contributed by atoms with Crippen LogP contribution in [0.5, 0.6) is 0 Å². The molecule has 4 nitrogen and oxygen atoms in total. The van der Waals surface area contributed by atoms with Crippen LogP contribution in [0.2, 0.25) is 0 Å². The molecule has 0 saturated heterocycles. The van der Waals surface area contributed by atoms with Gasteiger partial charge in [0.2, 0.25) is 0 Å². The highest BCUT2D eigenvalue weighted by molar-refractivity contribution is 6.09. The van der Waals surface area contributed by atoms with Crippen molar-refractivity contribution in [3.05, 3.63) is 102 Å². The Balaban J connectivity index is 1.63. The second kappa shape index (κ2) is 7.93. The number of carbonyl (C=O) groups excluding carboxylic acids is 2. The Labute approximate surface area is 146 Å². The Kier molecular flexibility index (Phi) is 5.22. The van der Waals surface area contributed by atoms with Crippen molar-refractivity contribution in [3.63, 3.8) is 0 Å². The van der Waals surface area contributed by atoms with Crippen LogP contribution in [0.25, 0.3) is 0 Å². The van der Waals surface area contributed by atoms with E-state index in [4.69, 9.17) is 4.74 Å². The minimum Gasteiger partial charge on any atom is -0.444 e. The molecule has 1 N–H and O–H groups in total. The zero-order valence-corrected chi connectivity index (χ0v) is 13.5. The third kappa shape index (κ3) is 4.54. The summed E-state index contributed by atoms with van der Waals surface area (Å²) in [6.07, 6.45) is -0.562. The van der Waals surface area contributed by atoms with Gasteiger partial charge in [-0.3, -0.25) is 10.1 Å². The highest BCUT2D eigenvalue weighted by atomic mass is 16.5. The van der Waals surface area contributed by atoms with Gasteiger partial charge in [0.15, 0.2) is 5.78 Å². The lowest BCUT2D eigenvalue weighted by molar-refractivity contribution is 0.103. The molecule has 1 amide bonds. The molecule has 0 atom stereocenters. The van der Waals surface area contributed by atoms with Crippen molar-refractivity contribution in [3.8, 4) is 0 Å². The molecule has 0 fully saturated rings. The number of ketones is 1. The van der Waals surface area contributed by atoms with Crippen LogP contribution in [0.3, 0.4) is 0 Å². The molecule has 0 radical (unpaired) electrons. The van der Waals surface area contributed by atoms with Gasteiger partial charge in [0.25, 0.3) is 0 Å². The van der Waals surface area contributed by atoms with Crippen LogP contribution >= 0.6 is 0 Å². The van der Waals surface area contributed by atoms with Gasteiger partial charge in [-0.15, -0.1) is 0 Å². The molecule has 0 saturated carbocycles. The van der Waals surface area contributed by atoms with Gasteiger partial charge in [-0.1, -0.05) is 72.8 Å². The zero-order valence-electron chi connectivity index (χ0n) is 13.5. The van der Waals surface area contributed by atoms with Crippen LogP contribution in [-0.4, -0.2) is 11.9 Å². The summed E-state index contributed by atoms with van der Waals surface area (Å²) >= 11 is 0. The van der Waals surface area contributed by atoms with Crippen LogP contribution in [0, 0.1) is 0 Å². The molecule has 0 aliphatic carbocycles. The summed E-state index contributed by atoms with van der Waals surface area (Å²) in [6.45, 7) is 0.190. The third-order valence-electron chi connectivity index (χ3n) is 3.62. The molecule has 0 aromatic heterocycles. The van der Waals surface area contributed by atoms with Crippen molar-refractivity contribution in [2.75, 3.05) is 5.32 Å². The summed E-state index contributed by atoms with van der Waals surface area (Å²) in [5.74, 6) is -0.0955. The number of carbonyl (C=O) groups is 2. The van der Waals surface area contributed by atoms with Crippen molar-refractivity contribution in [2.24, 2.45) is 0 Å². The van der Waals surface area contributed by atoms with Gasteiger partial charge in [0, 0.05) is 16.8 Å². The number of benzene rings is 3. The highest BCUT2D eigenvalue weighted by Crippen LogP contribution is 2.15. The Hall–Kier alpha value is -3.40. The SMILES string of the molecule is O=C(Nc1cccc(C(=O)c2ccccc2)c1)OCc1ccccc1. The minimum atomic E-state index is -0.562. The third-order valence-corrected chi connectivity index (χ3v) is 3.62. The molecule has 4 heteroatoms. The number of nitrogens with one attached hydrogen (secondary N) is 1. The monoisotopic (exact) mass is 331 g/mol. The van der Waals surface area contributed by atoms with Crippen LogP contribution in [0.1, 0.15) is 21.5 Å². The maximum absolute atomic E-state index is 12.5. The second-order valence-electron chi connectivity index (χ2n) is 5.46. The van der Waals surface area contributed by atoms with Gasteiger partial charge in [-0.2, -0.15) is 0 Å². The quantitative estimate of drug-likeness (QED) is 0.691. The summed E-state index contributed by atoms with van der Waals surface area (Å²) in [5.41, 5.74) is 2.53. The molecule has 0 bridgehead atoms. The largest absolute Gasteiger partial charge is 0.444 e. The van der Waals surface area contributed by atoms with Crippen LogP contribution in [0.4, 0.5) is 10.5 Å². The average molecular weight is 331 g/mol. The first kappa shape index (κ1) is 16.5. The topological polar surface area (TPSA) is 55.4 Å². The fraction of sp³-hybridized carbons (Fsp3) is 0.0476. The number of hydrogen-bond donors (Lipinski definition) is 1. The van der Waals surface area contributed by atoms with Gasteiger partial charge in [0.1, 0.15) is 6.61 Å². The second-order valence-corrected chi connectivity index (χ2v) is 5.46. The Morgan fingerprint density at radius 2 is 1.40 bits per heavy atom. The first-order valence-electron chi connectivity index (χ1n) is 7.90. The summed E-state index contributed by atoms with van der Waals surface area (Å²) in [5, 5.41) is 2.65. The predicted molar refractivity (Wildman–Crippen MR) is 96.6 cm³/mol. The van der Waals surface area contributed by atoms with E-state index in [9.17, 15) is 9.59 Å². The van der Waals surface area contributed by atoms with Crippen molar-refractivity contribution >= 4 is 17.6 Å². The van der Waals surface area contributed by atoms with E-state index < -0.39 is 6.09 Å². The Bertz CT molecular complexity index is 861. The van der Waals surface area contributed by atoms with E-state index in [1.54, 1.807) is 36.4 Å². The van der Waals surface area contributed by atoms with E-state index in [-0.39, 0.29) is 12.4 Å². The molecule has 0 aliphatic rings. The van der Waals surface area contributed by atoms with Crippen LogP contribution < -0.4 is 5.32 Å². The smallest absolute Gasteiger partial charge is 0.411 e. The normalized spacial score (nSPS) is 10.1. The molecular formula is C21H17NO3. The molecule has 3 rings (SSSR count). The molecule has 0 unspecified atom stereocenters. The van der Waals surface area contributed by atoms with Crippen LogP contribution in [-0.2, 0) is 11.3 Å². The molecule has 0 aliphatic heterocycles. The maximum Gasteiger partial charge on any atom is 0.411 e. The fourth-order valence-corrected chi connectivity index (χ4v) is 2.37. The first-order valence-corrected chi connectivity index (χ1v) is 7.90. The van der Waals surface area contributed by atoms with Gasteiger partial charge >= 0.3 is 6.09 Å². The van der Waals surface area contributed by atoms with Crippen molar-refractivity contribution in [1.29, 1.82) is 0 Å². The zero-order chi connectivity index (χ0) is 17.5. The summed E-state index contributed by atoms with van der Waals surface area (Å²) in [4.78, 5) is 24.4. The minimum absolute atomic E-state index is 0.0955. The fourth-order valence-electron chi connectivity index (χ4n) is 2.37. The first-order chi connectivity index (χ1) is 12.2. The maximum atomic E-state index is 12.5. The lowest BCUT2D eigenvalue weighted by Crippen LogP contribution is -2.14. The number of amides is 1. The molecular weight excluding hydrogens is 314 g/mol. The summed E-state index contributed by atoms with van der Waals surface area (Å²) < 4.78 is 5.18. The average Bonchev–Trinajstić information content (AvgIpc) is 2.67. The number of ether oxygens (including phenoxy) is 1. The van der Waals surface area contributed by atoms with Gasteiger partial charge in [-0.05, 0) is 17.7 Å². The van der Waals surface area contributed by atoms with Crippen molar-refractivity contribution in [1.82, 2.24) is 0 Å². The van der Waals surface area contributed by atoms with E-state index in [1.165, 1.54) is 0 Å². The summed E-state index contributed by atoms with van der Waals surface area (Å²) in [6, 6.07) is 25.2. The van der Waals surface area contributed by atoms with Crippen molar-refractivity contribution in [2.45, 2.75) is 6.61 Å². The Morgan fingerprint density at radius 1 is 0.760 bits per heavy atom. The predicted octanol–water partition coefficient (Wildman–Crippen LogP) is 4.67. The van der Waals surface area contributed by atoms with E-state index in [2.05, 4.69) is 5.32 Å². The standard InChI is InChI=1S/C21H17NO3/c23-20(17-10-5-2-6-11-17)18-12-7-13-19(14-18)22-21(24)25-15-16-8-3-1-4-9-16/h1-14H,15H2,(H,22,24). The van der Waals surface area contributed by atoms with Crippen LogP contribution in [0.15, 0.2) is 84.9 Å². The number of anilines is 1. The molecule has 0 spiro atoms. The van der Waals surface area contributed by atoms with Gasteiger partial charge < -0.3 is 4.74 Å². The summed E-state index contributed by atoms with van der Waals surface area (Å²) in [7, 11) is 0. The van der Waals surface area contributed by atoms with E-state index in [0.29, 0.717) is 16.8 Å². The van der Waals surface area contributed by atoms with E-state index in [0.717, 1.165) is 5.56 Å². The van der Waals surface area contributed by atoms with E-state index in [1.807, 2.05) is 48.5 Å². The number of rotatable bonds is 5. The molecule has 25 heavy (non-hydrogen) atoms. The lowest BCUT2D eigenvalue weighted by atomic mass is 10.0. The Morgan fingerprint density at radius 3 is 2.12 bits per heavy atom. The number of hydrogen-bond acceptors (Lipinski definition) is 3. The molecule has 124 valence electrons. The van der Waals surface area contributed by atoms with Crippen molar-refractivity contribution < 1.29 is 14.3 Å². The highest BCUT2D eigenvalue weighted by Gasteiger charge is 2.10. The molecule has 3 aromatic rings. The van der Waals surface area contributed by atoms with Gasteiger partial charge in [-0.25, -0.2) is 4.79 Å². The lowest BCUT2D eigenvalue weighted by Gasteiger charge is -2.08.